The van der Waals surface area contributed by atoms with Gasteiger partial charge in [-0.2, -0.15) is 0 Å². The molecule has 0 bridgehead atoms. The van der Waals surface area contributed by atoms with Gasteiger partial charge in [-0.1, -0.05) is 35.9 Å². The molecule has 1 aliphatic heterocycles. The molecule has 0 saturated heterocycles. The molecule has 3 aromatic carbocycles. The molecule has 1 amide bonds. The van der Waals surface area contributed by atoms with Gasteiger partial charge >= 0.3 is 0 Å². The quantitative estimate of drug-likeness (QED) is 0.433. The molecular weight excluding hydrogens is 415 g/mol. The normalized spacial score (nSPS) is 15.5. The number of benzene rings is 3. The Morgan fingerprint density at radius 1 is 1.06 bits per heavy atom. The number of nitrogens with zero attached hydrogens (tertiary/aromatic N) is 2. The van der Waals surface area contributed by atoms with Crippen molar-refractivity contribution < 1.29 is 9.18 Å². The maximum Gasteiger partial charge on any atom is 0.255 e. The number of nitrogens with one attached hydrogen (secondary N) is 2. The van der Waals surface area contributed by atoms with Crippen LogP contribution in [0.3, 0.4) is 0 Å². The number of fused-ring (bicyclic) bond motifs is 3. The number of hydrogen-bond donors (Lipinski definition) is 2. The van der Waals surface area contributed by atoms with E-state index in [4.69, 9.17) is 16.6 Å². The molecule has 2 N–H and O–H groups in total. The molecule has 0 radical (unpaired) electrons. The maximum absolute atomic E-state index is 13.4. The first kappa shape index (κ1) is 19.3. The molecule has 5 nitrogen and oxygen atoms in total. The summed E-state index contributed by atoms with van der Waals surface area (Å²) in [6.45, 7) is 1.85. The Labute approximate surface area is 183 Å². The Balaban J connectivity index is 1.65. The largest absolute Gasteiger partial charge is 0.329 e. The van der Waals surface area contributed by atoms with Crippen LogP contribution in [0.1, 0.15) is 18.5 Å². The monoisotopic (exact) mass is 432 g/mol. The maximum atomic E-state index is 13.4. The minimum atomic E-state index is -0.415. The van der Waals surface area contributed by atoms with Crippen molar-refractivity contribution in [1.82, 2.24) is 9.55 Å². The second kappa shape index (κ2) is 7.56. The van der Waals surface area contributed by atoms with Crippen molar-refractivity contribution in [1.29, 1.82) is 0 Å². The van der Waals surface area contributed by atoms with E-state index in [9.17, 15) is 9.18 Å². The number of rotatable bonds is 3. The predicted octanol–water partition coefficient (Wildman–Crippen LogP) is 5.76. The van der Waals surface area contributed by atoms with E-state index in [0.717, 1.165) is 16.6 Å². The minimum absolute atomic E-state index is 0.278. The number of para-hydroxylation sites is 2. The topological polar surface area (TPSA) is 59.0 Å². The average Bonchev–Trinajstić information content (AvgIpc) is 3.13. The highest BCUT2D eigenvalue weighted by Crippen LogP contribution is 2.39. The van der Waals surface area contributed by atoms with E-state index in [1.165, 1.54) is 24.3 Å². The highest BCUT2D eigenvalue weighted by atomic mass is 35.5. The van der Waals surface area contributed by atoms with Gasteiger partial charge in [0.1, 0.15) is 5.82 Å². The summed E-state index contributed by atoms with van der Waals surface area (Å²) in [5.41, 5.74) is 4.40. The number of allylic oxidation sites excluding steroid dienone is 1. The lowest BCUT2D eigenvalue weighted by Crippen LogP contribution is -2.30. The van der Waals surface area contributed by atoms with Crippen molar-refractivity contribution in [3.63, 3.8) is 0 Å². The van der Waals surface area contributed by atoms with Crippen LogP contribution >= 0.6 is 11.6 Å². The number of carbonyl (C=O) groups is 1. The first-order valence-corrected chi connectivity index (χ1v) is 10.2. The molecule has 1 atom stereocenters. The second-order valence-electron chi connectivity index (χ2n) is 7.37. The summed E-state index contributed by atoms with van der Waals surface area (Å²) in [6.07, 6.45) is 0. The molecule has 1 aliphatic rings. The van der Waals surface area contributed by atoms with E-state index < -0.39 is 6.04 Å². The summed E-state index contributed by atoms with van der Waals surface area (Å²) in [6, 6.07) is 20.5. The predicted molar refractivity (Wildman–Crippen MR) is 121 cm³/mol. The third kappa shape index (κ3) is 3.45. The van der Waals surface area contributed by atoms with Crippen LogP contribution in [-0.2, 0) is 4.79 Å². The molecule has 0 spiro atoms. The Hall–Kier alpha value is -3.64. The standard InChI is InChI=1S/C24H18ClFN4O/c1-14-21(23(31)28-18-12-10-17(26)11-13-18)22(15-6-8-16(25)9-7-15)30-20-5-3-2-4-19(20)29-24(30)27-14/h2-13,22H,1H3,(H,27,29)(H,28,31). The molecule has 1 aromatic heterocycles. The zero-order valence-electron chi connectivity index (χ0n) is 16.6. The van der Waals surface area contributed by atoms with Gasteiger partial charge < -0.3 is 10.6 Å². The molecule has 0 aliphatic carbocycles. The highest BCUT2D eigenvalue weighted by Gasteiger charge is 2.34. The van der Waals surface area contributed by atoms with Gasteiger partial charge in [-0.15, -0.1) is 0 Å². The van der Waals surface area contributed by atoms with Gasteiger partial charge in [-0.3, -0.25) is 9.36 Å². The van der Waals surface area contributed by atoms with E-state index in [1.54, 1.807) is 0 Å². The number of anilines is 2. The summed E-state index contributed by atoms with van der Waals surface area (Å²) in [4.78, 5) is 18.1. The number of carbonyl (C=O) groups excluding carboxylic acids is 1. The number of halogens is 2. The van der Waals surface area contributed by atoms with Crippen molar-refractivity contribution in [2.24, 2.45) is 0 Å². The van der Waals surface area contributed by atoms with Crippen LogP contribution in [0.4, 0.5) is 16.0 Å². The Bertz CT molecular complexity index is 1330. The van der Waals surface area contributed by atoms with Crippen molar-refractivity contribution in [3.05, 3.63) is 100 Å². The summed E-state index contributed by atoms with van der Waals surface area (Å²) in [5, 5.41) is 6.78. The van der Waals surface area contributed by atoms with Crippen LogP contribution in [0, 0.1) is 5.82 Å². The number of amides is 1. The van der Waals surface area contributed by atoms with Crippen molar-refractivity contribution >= 4 is 40.2 Å². The molecule has 4 aromatic rings. The van der Waals surface area contributed by atoms with Crippen LogP contribution in [0.5, 0.6) is 0 Å². The van der Waals surface area contributed by atoms with E-state index in [0.29, 0.717) is 27.9 Å². The van der Waals surface area contributed by atoms with Gasteiger partial charge in [0.25, 0.3) is 5.91 Å². The molecule has 0 saturated carbocycles. The smallest absolute Gasteiger partial charge is 0.255 e. The van der Waals surface area contributed by atoms with Gasteiger partial charge in [0.15, 0.2) is 0 Å². The SMILES string of the molecule is CC1=C(C(=O)Nc2ccc(F)cc2)C(c2ccc(Cl)cc2)n2c(nc3ccccc32)N1. The lowest BCUT2D eigenvalue weighted by Gasteiger charge is -2.30. The van der Waals surface area contributed by atoms with E-state index >= 15 is 0 Å². The molecule has 2 heterocycles. The van der Waals surface area contributed by atoms with E-state index in [1.807, 2.05) is 60.0 Å². The molecular formula is C24H18ClFN4O. The Morgan fingerprint density at radius 3 is 2.52 bits per heavy atom. The van der Waals surface area contributed by atoms with E-state index in [2.05, 4.69) is 10.6 Å². The summed E-state index contributed by atoms with van der Waals surface area (Å²) >= 11 is 6.12. The number of aromatic nitrogens is 2. The number of hydrogen-bond acceptors (Lipinski definition) is 3. The fourth-order valence-electron chi connectivity index (χ4n) is 3.95. The summed E-state index contributed by atoms with van der Waals surface area (Å²) < 4.78 is 15.3. The fraction of sp³-hybridized carbons (Fsp3) is 0.0833. The van der Waals surface area contributed by atoms with Crippen molar-refractivity contribution in [2.75, 3.05) is 10.6 Å². The zero-order chi connectivity index (χ0) is 21.5. The lowest BCUT2D eigenvalue weighted by atomic mass is 9.94. The summed E-state index contributed by atoms with van der Waals surface area (Å²) in [5.74, 6) is 0.0262. The van der Waals surface area contributed by atoms with Crippen LogP contribution in [0.2, 0.25) is 5.02 Å². The van der Waals surface area contributed by atoms with Gasteiger partial charge in [0.2, 0.25) is 5.95 Å². The highest BCUT2D eigenvalue weighted by molar-refractivity contribution is 6.30. The molecule has 1 unspecified atom stereocenters. The first-order valence-electron chi connectivity index (χ1n) is 9.78. The van der Waals surface area contributed by atoms with Crippen LogP contribution in [0.15, 0.2) is 84.1 Å². The van der Waals surface area contributed by atoms with Gasteiger partial charge in [0, 0.05) is 16.4 Å². The Morgan fingerprint density at radius 2 is 1.77 bits per heavy atom. The molecule has 154 valence electrons. The van der Waals surface area contributed by atoms with E-state index in [-0.39, 0.29) is 11.7 Å². The second-order valence-corrected chi connectivity index (χ2v) is 7.81. The summed E-state index contributed by atoms with van der Waals surface area (Å²) in [7, 11) is 0. The van der Waals surface area contributed by atoms with Crippen LogP contribution in [-0.4, -0.2) is 15.5 Å². The molecule has 5 rings (SSSR count). The number of imidazole rings is 1. The fourth-order valence-corrected chi connectivity index (χ4v) is 4.08. The van der Waals surface area contributed by atoms with Crippen molar-refractivity contribution in [3.8, 4) is 0 Å². The van der Waals surface area contributed by atoms with Gasteiger partial charge in [-0.05, 0) is 61.0 Å². The first-order chi connectivity index (χ1) is 15.0. The minimum Gasteiger partial charge on any atom is -0.329 e. The van der Waals surface area contributed by atoms with Crippen molar-refractivity contribution in [2.45, 2.75) is 13.0 Å². The Kier molecular flexibility index (Phi) is 4.71. The lowest BCUT2D eigenvalue weighted by molar-refractivity contribution is -0.113. The van der Waals surface area contributed by atoms with Crippen LogP contribution < -0.4 is 10.6 Å². The van der Waals surface area contributed by atoms with Crippen LogP contribution in [0.25, 0.3) is 11.0 Å². The molecule has 7 heteroatoms. The third-order valence-corrected chi connectivity index (χ3v) is 5.62. The zero-order valence-corrected chi connectivity index (χ0v) is 17.3. The molecule has 31 heavy (non-hydrogen) atoms. The average molecular weight is 433 g/mol. The van der Waals surface area contributed by atoms with Gasteiger partial charge in [0.05, 0.1) is 22.6 Å². The van der Waals surface area contributed by atoms with Gasteiger partial charge in [-0.25, -0.2) is 9.37 Å². The molecule has 0 fully saturated rings. The third-order valence-electron chi connectivity index (χ3n) is 5.36.